The second-order valence-corrected chi connectivity index (χ2v) is 3.03. The summed E-state index contributed by atoms with van der Waals surface area (Å²) in [5.74, 6) is 0.343. The predicted molar refractivity (Wildman–Crippen MR) is 58.2 cm³/mol. The second-order valence-electron chi connectivity index (χ2n) is 2.70. The molecule has 0 atom stereocenters. The third-order valence-electron chi connectivity index (χ3n) is 1.66. The lowest BCUT2D eigenvalue weighted by molar-refractivity contribution is 1.01. The van der Waals surface area contributed by atoms with E-state index in [1.807, 2.05) is 30.3 Å². The SMILES string of the molecule is ClN(Nc1ccccc1)c1ncncn1. The van der Waals surface area contributed by atoms with Crippen LogP contribution in [-0.4, -0.2) is 15.0 Å². The molecule has 1 heterocycles. The number of aromatic nitrogens is 3. The van der Waals surface area contributed by atoms with Crippen LogP contribution in [0.4, 0.5) is 11.6 Å². The molecular formula is C9H8ClN5. The van der Waals surface area contributed by atoms with Gasteiger partial charge in [-0.25, -0.2) is 4.98 Å². The van der Waals surface area contributed by atoms with Crippen LogP contribution in [0.1, 0.15) is 0 Å². The Morgan fingerprint density at radius 1 is 1.07 bits per heavy atom. The molecule has 15 heavy (non-hydrogen) atoms. The fraction of sp³-hybridized carbons (Fsp3) is 0. The van der Waals surface area contributed by atoms with Crippen LogP contribution in [0, 0.1) is 0 Å². The Kier molecular flexibility index (Phi) is 2.94. The van der Waals surface area contributed by atoms with Gasteiger partial charge in [-0.2, -0.15) is 14.5 Å². The molecule has 6 heteroatoms. The molecule has 1 N–H and O–H groups in total. The number of benzene rings is 1. The first-order valence-corrected chi connectivity index (χ1v) is 4.59. The van der Waals surface area contributed by atoms with Gasteiger partial charge < -0.3 is 0 Å². The van der Waals surface area contributed by atoms with Gasteiger partial charge in [0.15, 0.2) is 0 Å². The Morgan fingerprint density at radius 2 is 1.73 bits per heavy atom. The first-order valence-electron chi connectivity index (χ1n) is 4.26. The molecule has 0 fully saturated rings. The van der Waals surface area contributed by atoms with E-state index in [1.54, 1.807) is 0 Å². The predicted octanol–water partition coefficient (Wildman–Crippen LogP) is 1.86. The molecule has 1 aromatic carbocycles. The quantitative estimate of drug-likeness (QED) is 0.633. The number of anilines is 2. The summed E-state index contributed by atoms with van der Waals surface area (Å²) in [4.78, 5) is 11.5. The molecule has 0 unspecified atom stereocenters. The first-order chi connectivity index (χ1) is 7.36. The lowest BCUT2D eigenvalue weighted by atomic mass is 10.3. The van der Waals surface area contributed by atoms with Gasteiger partial charge in [0.25, 0.3) is 5.95 Å². The van der Waals surface area contributed by atoms with Crippen LogP contribution in [-0.2, 0) is 0 Å². The summed E-state index contributed by atoms with van der Waals surface area (Å²) < 4.78 is 1.21. The van der Waals surface area contributed by atoms with Crippen LogP contribution in [0.3, 0.4) is 0 Å². The summed E-state index contributed by atoms with van der Waals surface area (Å²) in [5, 5.41) is 0. The molecule has 0 aliphatic heterocycles. The van der Waals surface area contributed by atoms with Crippen molar-refractivity contribution in [2.75, 3.05) is 9.95 Å². The largest absolute Gasteiger partial charge is 0.281 e. The van der Waals surface area contributed by atoms with Gasteiger partial charge in [-0.05, 0) is 12.1 Å². The normalized spacial score (nSPS) is 9.67. The molecule has 76 valence electrons. The molecule has 0 amide bonds. The third-order valence-corrected chi connectivity index (χ3v) is 1.89. The Balaban J connectivity index is 2.08. The van der Waals surface area contributed by atoms with Crippen molar-refractivity contribution < 1.29 is 0 Å². The standard InChI is InChI=1S/C9H8ClN5/c10-15(9-12-6-11-7-13-9)14-8-4-2-1-3-5-8/h1-7,14H. The Labute approximate surface area is 91.8 Å². The lowest BCUT2D eigenvalue weighted by Crippen LogP contribution is -2.20. The fourth-order valence-electron chi connectivity index (χ4n) is 1.01. The van der Waals surface area contributed by atoms with Crippen LogP contribution < -0.4 is 9.95 Å². The van der Waals surface area contributed by atoms with E-state index in [4.69, 9.17) is 11.8 Å². The molecule has 5 nitrogen and oxygen atoms in total. The van der Waals surface area contributed by atoms with Gasteiger partial charge in [0.1, 0.15) is 12.7 Å². The second kappa shape index (κ2) is 4.56. The summed E-state index contributed by atoms with van der Waals surface area (Å²) in [5.41, 5.74) is 3.76. The van der Waals surface area contributed by atoms with E-state index in [-0.39, 0.29) is 0 Å². The van der Waals surface area contributed by atoms with Crippen molar-refractivity contribution in [3.05, 3.63) is 43.0 Å². The zero-order chi connectivity index (χ0) is 10.5. The zero-order valence-corrected chi connectivity index (χ0v) is 8.46. The monoisotopic (exact) mass is 221 g/mol. The maximum Gasteiger partial charge on any atom is 0.263 e. The summed E-state index contributed by atoms with van der Waals surface area (Å²) >= 11 is 5.91. The minimum Gasteiger partial charge on any atom is -0.281 e. The number of hydrazine groups is 1. The van der Waals surface area contributed by atoms with Gasteiger partial charge >= 0.3 is 0 Å². The van der Waals surface area contributed by atoms with Crippen molar-refractivity contribution in [1.82, 2.24) is 15.0 Å². The summed E-state index contributed by atoms with van der Waals surface area (Å²) in [6, 6.07) is 9.50. The molecule has 2 rings (SSSR count). The van der Waals surface area contributed by atoms with Crippen molar-refractivity contribution >= 4 is 23.4 Å². The van der Waals surface area contributed by atoms with E-state index >= 15 is 0 Å². The molecule has 0 spiro atoms. The van der Waals surface area contributed by atoms with E-state index in [0.717, 1.165) is 5.69 Å². The van der Waals surface area contributed by atoms with Gasteiger partial charge in [-0.1, -0.05) is 18.2 Å². The van der Waals surface area contributed by atoms with Crippen LogP contribution in [0.25, 0.3) is 0 Å². The summed E-state index contributed by atoms with van der Waals surface area (Å²) in [6.07, 6.45) is 2.76. The molecule has 1 aromatic heterocycles. The molecule has 2 aromatic rings. The number of hydrogen-bond acceptors (Lipinski definition) is 5. The van der Waals surface area contributed by atoms with Gasteiger partial charge in [0.05, 0.1) is 5.69 Å². The minimum absolute atomic E-state index is 0.343. The molecule has 0 aliphatic carbocycles. The Hall–Kier alpha value is -1.88. The van der Waals surface area contributed by atoms with E-state index in [0.29, 0.717) is 5.95 Å². The van der Waals surface area contributed by atoms with Crippen molar-refractivity contribution in [2.24, 2.45) is 0 Å². The first kappa shape index (κ1) is 9.67. The average Bonchev–Trinajstić information content (AvgIpc) is 2.31. The van der Waals surface area contributed by atoms with Crippen LogP contribution in [0.2, 0.25) is 0 Å². The van der Waals surface area contributed by atoms with Gasteiger partial charge in [-0.15, -0.1) is 0 Å². The highest BCUT2D eigenvalue weighted by Crippen LogP contribution is 2.12. The molecule has 0 saturated carbocycles. The van der Waals surface area contributed by atoms with E-state index in [1.165, 1.54) is 17.2 Å². The minimum atomic E-state index is 0.343. The van der Waals surface area contributed by atoms with E-state index < -0.39 is 0 Å². The zero-order valence-electron chi connectivity index (χ0n) is 7.71. The number of para-hydroxylation sites is 1. The molecule has 0 radical (unpaired) electrons. The van der Waals surface area contributed by atoms with Crippen molar-refractivity contribution in [3.8, 4) is 0 Å². The lowest BCUT2D eigenvalue weighted by Gasteiger charge is -2.14. The maximum absolute atomic E-state index is 5.91. The maximum atomic E-state index is 5.91. The average molecular weight is 222 g/mol. The van der Waals surface area contributed by atoms with Gasteiger partial charge in [-0.3, -0.25) is 5.43 Å². The number of nitrogens with zero attached hydrogens (tertiary/aromatic N) is 4. The van der Waals surface area contributed by atoms with E-state index in [9.17, 15) is 0 Å². The van der Waals surface area contributed by atoms with Crippen LogP contribution >= 0.6 is 11.8 Å². The number of nitrogens with one attached hydrogen (secondary N) is 1. The summed E-state index contributed by atoms with van der Waals surface area (Å²) in [6.45, 7) is 0. The smallest absolute Gasteiger partial charge is 0.263 e. The number of rotatable bonds is 3. The molecular weight excluding hydrogens is 214 g/mol. The van der Waals surface area contributed by atoms with Crippen LogP contribution in [0.15, 0.2) is 43.0 Å². The number of hydrogen-bond donors (Lipinski definition) is 1. The third kappa shape index (κ3) is 2.54. The Bertz CT molecular complexity index is 407. The molecule has 0 aliphatic rings. The topological polar surface area (TPSA) is 53.9 Å². The van der Waals surface area contributed by atoms with Crippen molar-refractivity contribution in [2.45, 2.75) is 0 Å². The molecule has 0 saturated heterocycles. The van der Waals surface area contributed by atoms with Gasteiger partial charge in [0, 0.05) is 11.8 Å². The molecule has 0 bridgehead atoms. The van der Waals surface area contributed by atoms with Crippen molar-refractivity contribution in [1.29, 1.82) is 0 Å². The summed E-state index contributed by atoms with van der Waals surface area (Å²) in [7, 11) is 0. The fourth-order valence-corrected chi connectivity index (χ4v) is 1.20. The van der Waals surface area contributed by atoms with Crippen molar-refractivity contribution in [3.63, 3.8) is 0 Å². The van der Waals surface area contributed by atoms with E-state index in [2.05, 4.69) is 20.4 Å². The highest BCUT2D eigenvalue weighted by atomic mass is 35.5. The highest BCUT2D eigenvalue weighted by Gasteiger charge is 2.04. The highest BCUT2D eigenvalue weighted by molar-refractivity contribution is 6.25. The number of halogens is 1. The van der Waals surface area contributed by atoms with Gasteiger partial charge in [0.2, 0.25) is 0 Å². The Morgan fingerprint density at radius 3 is 2.40 bits per heavy atom. The van der Waals surface area contributed by atoms with Crippen LogP contribution in [0.5, 0.6) is 0 Å².